The van der Waals surface area contributed by atoms with Crippen LogP contribution >= 0.6 is 0 Å². The van der Waals surface area contributed by atoms with E-state index in [0.717, 1.165) is 24.0 Å². The zero-order valence-electron chi connectivity index (χ0n) is 16.9. The Morgan fingerprint density at radius 3 is 2.41 bits per heavy atom. The van der Waals surface area contributed by atoms with E-state index in [1.54, 1.807) is 24.1 Å². The first-order valence-corrected chi connectivity index (χ1v) is 10.0. The van der Waals surface area contributed by atoms with Gasteiger partial charge in [-0.15, -0.1) is 0 Å². The second kappa shape index (κ2) is 9.41. The second-order valence-corrected chi connectivity index (χ2v) is 7.20. The molecular weight excluding hydrogens is 366 g/mol. The third-order valence-electron chi connectivity index (χ3n) is 5.27. The number of hydrogen-bond donors (Lipinski definition) is 1. The molecule has 1 heterocycles. The Morgan fingerprint density at radius 1 is 1.10 bits per heavy atom. The number of aliphatic hydroxyl groups is 1. The molecule has 0 saturated carbocycles. The highest BCUT2D eigenvalue weighted by molar-refractivity contribution is 6.09. The second-order valence-electron chi connectivity index (χ2n) is 7.20. The number of nitrogens with zero attached hydrogens (tertiary/aromatic N) is 1. The molecule has 0 radical (unpaired) electrons. The molecule has 0 aromatic heterocycles. The minimum absolute atomic E-state index is 0.195. The van der Waals surface area contributed by atoms with Crippen molar-refractivity contribution in [3.63, 3.8) is 0 Å². The summed E-state index contributed by atoms with van der Waals surface area (Å²) in [5, 5.41) is 10.6. The highest BCUT2D eigenvalue weighted by Crippen LogP contribution is 2.39. The van der Waals surface area contributed by atoms with Crippen molar-refractivity contribution >= 4 is 11.7 Å². The summed E-state index contributed by atoms with van der Waals surface area (Å²) < 4.78 is 5.22. The summed E-state index contributed by atoms with van der Waals surface area (Å²) in [6.07, 6.45) is 2.52. The zero-order chi connectivity index (χ0) is 20.8. The lowest BCUT2D eigenvalue weighted by molar-refractivity contribution is -0.129. The van der Waals surface area contributed by atoms with Gasteiger partial charge in [0.25, 0.3) is 5.91 Å². The number of ether oxygens (including phenoxy) is 1. The predicted octanol–water partition coefficient (Wildman–Crippen LogP) is 4.39. The fourth-order valence-corrected chi connectivity index (χ4v) is 3.67. The van der Waals surface area contributed by atoms with Crippen molar-refractivity contribution in [1.29, 1.82) is 0 Å². The standard InChI is InChI=1S/C24H27NO4/c1-3-4-16-25-22(18-11-13-19(29-2)14-12-18)21(23(27)24(25)28)20(26)15-10-17-8-6-5-7-9-17/h5-9,11-14,22,27H,3-4,10,15-16H2,1-2H3. The number of hydrogen-bond acceptors (Lipinski definition) is 4. The molecule has 29 heavy (non-hydrogen) atoms. The number of carbonyl (C=O) groups is 2. The lowest BCUT2D eigenvalue weighted by Crippen LogP contribution is -2.32. The molecule has 1 atom stereocenters. The number of ketones is 1. The van der Waals surface area contributed by atoms with Gasteiger partial charge in [0.1, 0.15) is 5.75 Å². The average Bonchev–Trinajstić information content (AvgIpc) is 3.01. The third-order valence-corrected chi connectivity index (χ3v) is 5.27. The van der Waals surface area contributed by atoms with E-state index in [4.69, 9.17) is 4.74 Å². The normalized spacial score (nSPS) is 16.4. The summed E-state index contributed by atoms with van der Waals surface area (Å²) in [4.78, 5) is 27.4. The number of carbonyl (C=O) groups excluding carboxylic acids is 2. The molecule has 3 rings (SSSR count). The Bertz CT molecular complexity index is 887. The number of aryl methyl sites for hydroxylation is 1. The van der Waals surface area contributed by atoms with Crippen LogP contribution in [0.5, 0.6) is 5.75 Å². The van der Waals surface area contributed by atoms with E-state index < -0.39 is 17.7 Å². The van der Waals surface area contributed by atoms with Gasteiger partial charge in [0.2, 0.25) is 0 Å². The smallest absolute Gasteiger partial charge is 0.290 e. The zero-order valence-corrected chi connectivity index (χ0v) is 16.9. The third kappa shape index (κ3) is 4.50. The number of aliphatic hydroxyl groups excluding tert-OH is 1. The van der Waals surface area contributed by atoms with Gasteiger partial charge in [-0.3, -0.25) is 9.59 Å². The van der Waals surface area contributed by atoms with Gasteiger partial charge in [0.05, 0.1) is 18.7 Å². The van der Waals surface area contributed by atoms with Crippen molar-refractivity contribution in [2.45, 2.75) is 38.6 Å². The number of rotatable bonds is 9. The van der Waals surface area contributed by atoms with E-state index in [9.17, 15) is 14.7 Å². The van der Waals surface area contributed by atoms with Gasteiger partial charge in [-0.2, -0.15) is 0 Å². The summed E-state index contributed by atoms with van der Waals surface area (Å²) in [6, 6.07) is 16.5. The Morgan fingerprint density at radius 2 is 1.79 bits per heavy atom. The molecule has 5 nitrogen and oxygen atoms in total. The first-order chi connectivity index (χ1) is 14.1. The lowest BCUT2D eigenvalue weighted by atomic mass is 9.93. The average molecular weight is 393 g/mol. The van der Waals surface area contributed by atoms with Crippen LogP contribution in [0.1, 0.15) is 43.4 Å². The molecule has 152 valence electrons. The maximum atomic E-state index is 13.1. The predicted molar refractivity (Wildman–Crippen MR) is 112 cm³/mol. The minimum atomic E-state index is -0.566. The number of unbranched alkanes of at least 4 members (excludes halogenated alkanes) is 1. The van der Waals surface area contributed by atoms with Gasteiger partial charge in [-0.25, -0.2) is 0 Å². The fraction of sp³-hybridized carbons (Fsp3) is 0.333. The molecule has 1 amide bonds. The van der Waals surface area contributed by atoms with Crippen LogP contribution in [0.2, 0.25) is 0 Å². The molecule has 1 aliphatic rings. The quantitative estimate of drug-likeness (QED) is 0.686. The number of Topliss-reactive ketones (excluding diaryl/α,β-unsaturated/α-hetero) is 1. The van der Waals surface area contributed by atoms with Crippen molar-refractivity contribution in [3.05, 3.63) is 77.1 Å². The van der Waals surface area contributed by atoms with E-state index >= 15 is 0 Å². The highest BCUT2D eigenvalue weighted by atomic mass is 16.5. The number of benzene rings is 2. The maximum Gasteiger partial charge on any atom is 0.290 e. The summed E-state index contributed by atoms with van der Waals surface area (Å²) in [5.41, 5.74) is 2.05. The lowest BCUT2D eigenvalue weighted by Gasteiger charge is -2.27. The molecule has 1 N–H and O–H groups in total. The number of methoxy groups -OCH3 is 1. The van der Waals surface area contributed by atoms with E-state index in [2.05, 4.69) is 0 Å². The monoisotopic (exact) mass is 393 g/mol. The van der Waals surface area contributed by atoms with E-state index in [1.807, 2.05) is 49.4 Å². The minimum Gasteiger partial charge on any atom is -0.503 e. The van der Waals surface area contributed by atoms with E-state index in [1.165, 1.54) is 0 Å². The molecule has 0 bridgehead atoms. The van der Waals surface area contributed by atoms with Crippen molar-refractivity contribution in [2.24, 2.45) is 0 Å². The SMILES string of the molecule is CCCCN1C(=O)C(O)=C(C(=O)CCc2ccccc2)C1c1ccc(OC)cc1. The van der Waals surface area contributed by atoms with E-state index in [-0.39, 0.29) is 17.8 Å². The molecule has 0 fully saturated rings. The van der Waals surface area contributed by atoms with Crippen molar-refractivity contribution in [3.8, 4) is 5.75 Å². The van der Waals surface area contributed by atoms with Crippen LogP contribution in [0.25, 0.3) is 0 Å². The first kappa shape index (κ1) is 20.6. The van der Waals surface area contributed by atoms with Gasteiger partial charge in [-0.05, 0) is 36.1 Å². The van der Waals surface area contributed by atoms with Gasteiger partial charge in [0, 0.05) is 13.0 Å². The van der Waals surface area contributed by atoms with Crippen LogP contribution in [0, 0.1) is 0 Å². The van der Waals surface area contributed by atoms with Crippen molar-refractivity contribution < 1.29 is 19.4 Å². The summed E-state index contributed by atoms with van der Waals surface area (Å²) in [7, 11) is 1.59. The van der Waals surface area contributed by atoms with Gasteiger partial charge < -0.3 is 14.7 Å². The van der Waals surface area contributed by atoms with E-state index in [0.29, 0.717) is 18.7 Å². The van der Waals surface area contributed by atoms with Crippen LogP contribution in [0.15, 0.2) is 65.9 Å². The van der Waals surface area contributed by atoms with Crippen molar-refractivity contribution in [2.75, 3.05) is 13.7 Å². The van der Waals surface area contributed by atoms with Crippen LogP contribution in [-0.4, -0.2) is 35.4 Å². The Balaban J connectivity index is 1.89. The molecule has 5 heteroatoms. The Kier molecular flexibility index (Phi) is 6.70. The van der Waals surface area contributed by atoms with Gasteiger partial charge in [0.15, 0.2) is 11.5 Å². The van der Waals surface area contributed by atoms with Crippen molar-refractivity contribution in [1.82, 2.24) is 4.90 Å². The van der Waals surface area contributed by atoms with Gasteiger partial charge >= 0.3 is 0 Å². The van der Waals surface area contributed by atoms with Crippen LogP contribution < -0.4 is 4.74 Å². The molecule has 0 saturated heterocycles. The topological polar surface area (TPSA) is 66.8 Å². The number of amides is 1. The highest BCUT2D eigenvalue weighted by Gasteiger charge is 2.42. The van der Waals surface area contributed by atoms with Crippen LogP contribution in [0.3, 0.4) is 0 Å². The first-order valence-electron chi connectivity index (χ1n) is 10.0. The summed E-state index contributed by atoms with van der Waals surface area (Å²) in [5.74, 6) is -0.384. The maximum absolute atomic E-state index is 13.1. The molecule has 1 aliphatic heterocycles. The molecular formula is C24H27NO4. The van der Waals surface area contributed by atoms with Crippen LogP contribution in [0.4, 0.5) is 0 Å². The molecule has 2 aromatic carbocycles. The Hall–Kier alpha value is -3.08. The molecule has 0 spiro atoms. The van der Waals surface area contributed by atoms with Gasteiger partial charge in [-0.1, -0.05) is 55.8 Å². The largest absolute Gasteiger partial charge is 0.503 e. The molecule has 1 unspecified atom stereocenters. The fourth-order valence-electron chi connectivity index (χ4n) is 3.67. The Labute approximate surface area is 171 Å². The summed E-state index contributed by atoms with van der Waals surface area (Å²) in [6.45, 7) is 2.54. The summed E-state index contributed by atoms with van der Waals surface area (Å²) >= 11 is 0. The molecule has 2 aromatic rings. The molecule has 0 aliphatic carbocycles. The van der Waals surface area contributed by atoms with Crippen LogP contribution in [-0.2, 0) is 16.0 Å².